The van der Waals surface area contributed by atoms with Crippen LogP contribution in [0, 0.1) is 0 Å². The second-order valence-electron chi connectivity index (χ2n) is 7.52. The molecule has 1 aromatic heterocycles. The average molecular weight is 467 g/mol. The molecule has 0 bridgehead atoms. The van der Waals surface area contributed by atoms with Gasteiger partial charge in [0.25, 0.3) is 11.8 Å². The molecule has 0 aliphatic carbocycles. The number of rotatable bonds is 6. The Balaban J connectivity index is 1.39. The Kier molecular flexibility index (Phi) is 6.88. The van der Waals surface area contributed by atoms with Gasteiger partial charge in [0.2, 0.25) is 0 Å². The van der Waals surface area contributed by atoms with Crippen molar-refractivity contribution in [3.05, 3.63) is 66.0 Å². The number of hydrogen-bond donors (Lipinski definition) is 0. The average Bonchev–Trinajstić information content (AvgIpc) is 3.36. The summed E-state index contributed by atoms with van der Waals surface area (Å²) in [6, 6.07) is 12.6. The van der Waals surface area contributed by atoms with Crippen LogP contribution in [0.5, 0.6) is 11.5 Å². The molecule has 4 rings (SSSR count). The van der Waals surface area contributed by atoms with Crippen molar-refractivity contribution < 1.29 is 19.1 Å². The largest absolute Gasteiger partial charge is 0.497 e. The van der Waals surface area contributed by atoms with E-state index in [1.54, 1.807) is 60.2 Å². The molecule has 1 saturated heterocycles. The maximum atomic E-state index is 13.0. The molecule has 0 unspecified atom stereocenters. The lowest BCUT2D eigenvalue weighted by atomic mass is 10.1. The Hall–Kier alpha value is -3.46. The molecule has 2 aromatic carbocycles. The molecule has 2 heterocycles. The highest BCUT2D eigenvalue weighted by Gasteiger charge is 2.26. The number of nitrogens with zero attached hydrogens (tertiary/aromatic N) is 4. The monoisotopic (exact) mass is 466 g/mol. The Labute approximate surface area is 197 Å². The zero-order valence-electron chi connectivity index (χ0n) is 18.9. The molecule has 1 fully saturated rings. The Morgan fingerprint density at radius 1 is 0.848 bits per heavy atom. The highest BCUT2D eigenvalue weighted by atomic mass is 32.2. The molecular weight excluding hydrogens is 440 g/mol. The van der Waals surface area contributed by atoms with Crippen LogP contribution >= 0.6 is 11.8 Å². The molecule has 3 aromatic rings. The van der Waals surface area contributed by atoms with Gasteiger partial charge < -0.3 is 19.3 Å². The minimum absolute atomic E-state index is 0.0348. The van der Waals surface area contributed by atoms with Gasteiger partial charge in [0.05, 0.1) is 14.2 Å². The fourth-order valence-corrected chi connectivity index (χ4v) is 4.34. The topological polar surface area (TPSA) is 76.9 Å². The van der Waals surface area contributed by atoms with Crippen LogP contribution in [0.1, 0.15) is 20.7 Å². The summed E-state index contributed by atoms with van der Waals surface area (Å²) in [5, 5.41) is 0.892. The van der Waals surface area contributed by atoms with Crippen LogP contribution in [0.15, 0.2) is 60.0 Å². The first-order chi connectivity index (χ1) is 16.0. The summed E-state index contributed by atoms with van der Waals surface area (Å²) in [5.74, 6) is 0.992. The Morgan fingerprint density at radius 3 is 1.91 bits per heavy atom. The lowest BCUT2D eigenvalue weighted by Crippen LogP contribution is -2.50. The van der Waals surface area contributed by atoms with E-state index in [1.807, 2.05) is 41.3 Å². The number of benzene rings is 2. The highest BCUT2D eigenvalue weighted by Crippen LogP contribution is 2.24. The number of carbonyl (C=O) groups is 2. The molecule has 0 atom stereocenters. The van der Waals surface area contributed by atoms with Crippen molar-refractivity contribution >= 4 is 23.6 Å². The van der Waals surface area contributed by atoms with Gasteiger partial charge >= 0.3 is 0 Å². The van der Waals surface area contributed by atoms with Crippen molar-refractivity contribution in [3.8, 4) is 17.2 Å². The molecule has 1 aliphatic rings. The van der Waals surface area contributed by atoms with Crippen LogP contribution in [0.25, 0.3) is 5.69 Å². The molecule has 0 radical (unpaired) electrons. The molecule has 8 nitrogen and oxygen atoms in total. The summed E-state index contributed by atoms with van der Waals surface area (Å²) >= 11 is 1.57. The SMILES string of the molecule is COc1cc(OC)cc(C(=O)N2CCN(C(=O)c3ccc(-n4ccnc4SC)cc3)CC2)c1. The first kappa shape index (κ1) is 22.7. The summed E-state index contributed by atoms with van der Waals surface area (Å²) in [6.45, 7) is 1.89. The summed E-state index contributed by atoms with van der Waals surface area (Å²) in [5.41, 5.74) is 2.09. The van der Waals surface area contributed by atoms with Crippen molar-refractivity contribution in [1.29, 1.82) is 0 Å². The van der Waals surface area contributed by atoms with Crippen LogP contribution in [0.4, 0.5) is 0 Å². The van der Waals surface area contributed by atoms with Gasteiger partial charge in [-0.15, -0.1) is 0 Å². The van der Waals surface area contributed by atoms with Crippen LogP contribution in [-0.2, 0) is 0 Å². The van der Waals surface area contributed by atoms with Crippen LogP contribution in [0.2, 0.25) is 0 Å². The molecule has 172 valence electrons. The van der Waals surface area contributed by atoms with Crippen molar-refractivity contribution in [2.75, 3.05) is 46.7 Å². The fraction of sp³-hybridized carbons (Fsp3) is 0.292. The summed E-state index contributed by atoms with van der Waals surface area (Å²) in [6.07, 6.45) is 5.63. The number of hydrogen-bond acceptors (Lipinski definition) is 6. The van der Waals surface area contributed by atoms with E-state index in [4.69, 9.17) is 9.47 Å². The number of piperazine rings is 1. The molecule has 33 heavy (non-hydrogen) atoms. The van der Waals surface area contributed by atoms with Crippen molar-refractivity contribution in [2.24, 2.45) is 0 Å². The first-order valence-corrected chi connectivity index (χ1v) is 11.8. The third kappa shape index (κ3) is 4.83. The normalized spacial score (nSPS) is 13.7. The number of imidazole rings is 1. The second kappa shape index (κ2) is 9.99. The van der Waals surface area contributed by atoms with E-state index < -0.39 is 0 Å². The van der Waals surface area contributed by atoms with Gasteiger partial charge in [0, 0.05) is 61.5 Å². The molecular formula is C24H26N4O4S. The number of methoxy groups -OCH3 is 2. The zero-order chi connectivity index (χ0) is 23.4. The van der Waals surface area contributed by atoms with Gasteiger partial charge in [-0.2, -0.15) is 0 Å². The summed E-state index contributed by atoms with van der Waals surface area (Å²) in [4.78, 5) is 33.8. The molecule has 0 saturated carbocycles. The predicted octanol–water partition coefficient (Wildman–Crippen LogP) is 3.21. The molecule has 0 spiro atoms. The number of carbonyl (C=O) groups excluding carboxylic acids is 2. The lowest BCUT2D eigenvalue weighted by molar-refractivity contribution is 0.0535. The van der Waals surface area contributed by atoms with E-state index in [0.717, 1.165) is 10.8 Å². The molecule has 9 heteroatoms. The lowest BCUT2D eigenvalue weighted by Gasteiger charge is -2.35. The van der Waals surface area contributed by atoms with Crippen molar-refractivity contribution in [2.45, 2.75) is 5.16 Å². The summed E-state index contributed by atoms with van der Waals surface area (Å²) < 4.78 is 12.5. The number of ether oxygens (including phenoxy) is 2. The van der Waals surface area contributed by atoms with Crippen LogP contribution < -0.4 is 9.47 Å². The molecule has 0 N–H and O–H groups in total. The Morgan fingerprint density at radius 2 is 1.39 bits per heavy atom. The molecule has 2 amide bonds. The Bertz CT molecular complexity index is 1120. The molecule has 1 aliphatic heterocycles. The second-order valence-corrected chi connectivity index (χ2v) is 8.29. The van der Waals surface area contributed by atoms with Gasteiger partial charge in [-0.3, -0.25) is 14.2 Å². The highest BCUT2D eigenvalue weighted by molar-refractivity contribution is 7.98. The van der Waals surface area contributed by atoms with Gasteiger partial charge in [-0.25, -0.2) is 4.98 Å². The smallest absolute Gasteiger partial charge is 0.254 e. The van der Waals surface area contributed by atoms with Gasteiger partial charge in [-0.1, -0.05) is 11.8 Å². The maximum Gasteiger partial charge on any atom is 0.254 e. The quantitative estimate of drug-likeness (QED) is 0.519. The van der Waals surface area contributed by atoms with E-state index in [-0.39, 0.29) is 11.8 Å². The number of thioether (sulfide) groups is 1. The third-order valence-corrected chi connectivity index (χ3v) is 6.30. The predicted molar refractivity (Wildman–Crippen MR) is 127 cm³/mol. The zero-order valence-corrected chi connectivity index (χ0v) is 19.7. The minimum Gasteiger partial charge on any atom is -0.497 e. The van der Waals surface area contributed by atoms with E-state index in [9.17, 15) is 9.59 Å². The summed E-state index contributed by atoms with van der Waals surface area (Å²) in [7, 11) is 3.11. The fourth-order valence-electron chi connectivity index (χ4n) is 3.81. The van der Waals surface area contributed by atoms with Gasteiger partial charge in [0.15, 0.2) is 5.16 Å². The van der Waals surface area contributed by atoms with Gasteiger partial charge in [0.1, 0.15) is 11.5 Å². The van der Waals surface area contributed by atoms with E-state index in [1.165, 1.54) is 0 Å². The van der Waals surface area contributed by atoms with Crippen molar-refractivity contribution in [3.63, 3.8) is 0 Å². The van der Waals surface area contributed by atoms with E-state index in [2.05, 4.69) is 4.98 Å². The van der Waals surface area contributed by atoms with Gasteiger partial charge in [-0.05, 0) is 42.7 Å². The maximum absolute atomic E-state index is 13.0. The standard InChI is InChI=1S/C24H26N4O4S/c1-31-20-14-18(15-21(16-20)32-2)23(30)27-12-10-26(11-13-27)22(29)17-4-6-19(7-5-17)28-9-8-25-24(28)33-3/h4-9,14-16H,10-13H2,1-3H3. The number of aromatic nitrogens is 2. The van der Waals surface area contributed by atoms with E-state index in [0.29, 0.717) is 48.8 Å². The van der Waals surface area contributed by atoms with Crippen LogP contribution in [-0.4, -0.2) is 77.8 Å². The van der Waals surface area contributed by atoms with Crippen molar-refractivity contribution in [1.82, 2.24) is 19.4 Å². The third-order valence-electron chi connectivity index (χ3n) is 5.63. The number of amides is 2. The first-order valence-electron chi connectivity index (χ1n) is 10.5. The van der Waals surface area contributed by atoms with Crippen LogP contribution in [0.3, 0.4) is 0 Å². The van der Waals surface area contributed by atoms with E-state index >= 15 is 0 Å². The minimum atomic E-state index is -0.103.